The zero-order valence-corrected chi connectivity index (χ0v) is 10.2. The molecule has 0 amide bonds. The zero-order chi connectivity index (χ0) is 14.3. The van der Waals surface area contributed by atoms with Gasteiger partial charge in [-0.1, -0.05) is 36.4 Å². The van der Waals surface area contributed by atoms with Crippen molar-refractivity contribution >= 4 is 33.6 Å². The van der Waals surface area contributed by atoms with Gasteiger partial charge in [0, 0.05) is 10.8 Å². The highest BCUT2D eigenvalue weighted by Crippen LogP contribution is 2.27. The molecule has 0 spiro atoms. The third kappa shape index (κ3) is 1.76. The molecule has 2 aromatic carbocycles. The summed E-state index contributed by atoms with van der Waals surface area (Å²) in [7, 11) is 0. The van der Waals surface area contributed by atoms with Crippen molar-refractivity contribution in [1.82, 2.24) is 4.98 Å². The van der Waals surface area contributed by atoms with Crippen molar-refractivity contribution in [2.45, 2.75) is 0 Å². The summed E-state index contributed by atoms with van der Waals surface area (Å²) in [5.74, 6) is -2.42. The van der Waals surface area contributed by atoms with E-state index in [0.717, 1.165) is 16.8 Å². The number of carbonyl (C=O) groups is 2. The fraction of sp³-hybridized carbons (Fsp3) is 0. The Morgan fingerprint density at radius 1 is 0.900 bits per heavy atom. The molecule has 3 aromatic rings. The molecule has 5 nitrogen and oxygen atoms in total. The summed E-state index contributed by atoms with van der Waals surface area (Å²) in [5, 5.41) is 20.4. The maximum absolute atomic E-state index is 11.3. The first-order valence-electron chi connectivity index (χ1n) is 5.87. The van der Waals surface area contributed by atoms with Crippen molar-refractivity contribution < 1.29 is 19.8 Å². The fourth-order valence-corrected chi connectivity index (χ4v) is 2.25. The van der Waals surface area contributed by atoms with Crippen LogP contribution < -0.4 is 0 Å². The predicted molar refractivity (Wildman–Crippen MR) is 73.2 cm³/mol. The molecular formula is C15H9NO4. The van der Waals surface area contributed by atoms with E-state index in [-0.39, 0.29) is 11.3 Å². The van der Waals surface area contributed by atoms with Gasteiger partial charge in [-0.15, -0.1) is 0 Å². The number of nitrogens with zero attached hydrogens (tertiary/aromatic N) is 1. The number of rotatable bonds is 2. The van der Waals surface area contributed by atoms with Gasteiger partial charge in [0.25, 0.3) is 0 Å². The van der Waals surface area contributed by atoms with E-state index in [1.165, 1.54) is 0 Å². The molecule has 1 aromatic heterocycles. The van der Waals surface area contributed by atoms with E-state index in [2.05, 4.69) is 4.98 Å². The van der Waals surface area contributed by atoms with Gasteiger partial charge in [0.15, 0.2) is 0 Å². The number of aromatic carboxylic acids is 2. The van der Waals surface area contributed by atoms with Gasteiger partial charge in [0.1, 0.15) is 5.69 Å². The monoisotopic (exact) mass is 267 g/mol. The van der Waals surface area contributed by atoms with E-state index in [1.54, 1.807) is 24.3 Å². The molecule has 20 heavy (non-hydrogen) atoms. The molecule has 0 saturated heterocycles. The summed E-state index contributed by atoms with van der Waals surface area (Å²) in [6.07, 6.45) is 0. The van der Waals surface area contributed by atoms with Crippen molar-refractivity contribution in [2.75, 3.05) is 0 Å². The third-order valence-corrected chi connectivity index (χ3v) is 3.15. The molecule has 0 fully saturated rings. The van der Waals surface area contributed by atoms with Gasteiger partial charge in [0.2, 0.25) is 0 Å². The van der Waals surface area contributed by atoms with Gasteiger partial charge < -0.3 is 10.2 Å². The van der Waals surface area contributed by atoms with Crippen LogP contribution in [0.25, 0.3) is 21.7 Å². The van der Waals surface area contributed by atoms with Crippen LogP contribution in [0, 0.1) is 0 Å². The quantitative estimate of drug-likeness (QED) is 0.697. The molecule has 0 aliphatic rings. The first-order valence-corrected chi connectivity index (χ1v) is 5.87. The lowest BCUT2D eigenvalue weighted by Gasteiger charge is -2.07. The molecule has 0 radical (unpaired) electrons. The largest absolute Gasteiger partial charge is 0.478 e. The number of hydrogen-bond donors (Lipinski definition) is 2. The lowest BCUT2D eigenvalue weighted by atomic mass is 10.0. The van der Waals surface area contributed by atoms with Crippen molar-refractivity contribution in [3.63, 3.8) is 0 Å². The van der Waals surface area contributed by atoms with Crippen LogP contribution in [0.3, 0.4) is 0 Å². The number of benzene rings is 2. The summed E-state index contributed by atoms with van der Waals surface area (Å²) in [6.45, 7) is 0. The highest BCUT2D eigenvalue weighted by molar-refractivity contribution is 6.13. The van der Waals surface area contributed by atoms with E-state index < -0.39 is 11.9 Å². The van der Waals surface area contributed by atoms with Crippen LogP contribution in [-0.2, 0) is 0 Å². The van der Waals surface area contributed by atoms with E-state index >= 15 is 0 Å². The summed E-state index contributed by atoms with van der Waals surface area (Å²) >= 11 is 0. The van der Waals surface area contributed by atoms with Crippen LogP contribution in [0.15, 0.2) is 42.5 Å². The van der Waals surface area contributed by atoms with Crippen LogP contribution in [0.4, 0.5) is 0 Å². The molecule has 2 N–H and O–H groups in total. The Kier molecular flexibility index (Phi) is 2.61. The SMILES string of the molecule is O=C(O)c1cc(C(=O)O)c2ccc3ccccc3c2n1. The number of pyridine rings is 1. The highest BCUT2D eigenvalue weighted by atomic mass is 16.4. The van der Waals surface area contributed by atoms with Gasteiger partial charge in [0.05, 0.1) is 11.1 Å². The lowest BCUT2D eigenvalue weighted by molar-refractivity contribution is 0.0691. The maximum Gasteiger partial charge on any atom is 0.354 e. The minimum atomic E-state index is -1.25. The van der Waals surface area contributed by atoms with Crippen LogP contribution in [-0.4, -0.2) is 27.1 Å². The van der Waals surface area contributed by atoms with Gasteiger partial charge >= 0.3 is 11.9 Å². The number of aromatic nitrogens is 1. The molecular weight excluding hydrogens is 258 g/mol. The van der Waals surface area contributed by atoms with Crippen LogP contribution in [0.2, 0.25) is 0 Å². The fourth-order valence-electron chi connectivity index (χ4n) is 2.25. The molecule has 0 saturated carbocycles. The first kappa shape index (κ1) is 12.1. The molecule has 3 rings (SSSR count). The topological polar surface area (TPSA) is 87.5 Å². The van der Waals surface area contributed by atoms with E-state index in [0.29, 0.717) is 10.9 Å². The molecule has 0 bridgehead atoms. The average molecular weight is 267 g/mol. The Labute approximate surface area is 113 Å². The molecule has 0 aliphatic carbocycles. The molecule has 0 aliphatic heterocycles. The van der Waals surface area contributed by atoms with E-state index in [1.807, 2.05) is 12.1 Å². The van der Waals surface area contributed by atoms with Crippen molar-refractivity contribution in [3.8, 4) is 0 Å². The van der Waals surface area contributed by atoms with Crippen molar-refractivity contribution in [1.29, 1.82) is 0 Å². The summed E-state index contributed by atoms with van der Waals surface area (Å²) in [5.41, 5.74) is 0.0600. The second-order valence-corrected chi connectivity index (χ2v) is 4.35. The minimum absolute atomic E-state index is 0.0573. The predicted octanol–water partition coefficient (Wildman–Crippen LogP) is 2.78. The highest BCUT2D eigenvalue weighted by Gasteiger charge is 2.16. The molecule has 1 heterocycles. The Morgan fingerprint density at radius 3 is 2.35 bits per heavy atom. The van der Waals surface area contributed by atoms with E-state index in [9.17, 15) is 14.7 Å². The van der Waals surface area contributed by atoms with Gasteiger partial charge in [-0.05, 0) is 11.5 Å². The smallest absolute Gasteiger partial charge is 0.354 e. The second kappa shape index (κ2) is 4.31. The zero-order valence-electron chi connectivity index (χ0n) is 10.2. The average Bonchev–Trinajstić information content (AvgIpc) is 2.45. The number of hydrogen-bond acceptors (Lipinski definition) is 3. The standard InChI is InChI=1S/C15H9NO4/c17-14(18)11-7-12(15(19)20)16-13-9-4-2-1-3-8(9)5-6-10(11)13/h1-7H,(H,17,18)(H,19,20). The van der Waals surface area contributed by atoms with Crippen LogP contribution in [0.1, 0.15) is 20.8 Å². The van der Waals surface area contributed by atoms with Crippen molar-refractivity contribution in [2.24, 2.45) is 0 Å². The van der Waals surface area contributed by atoms with Crippen LogP contribution in [0.5, 0.6) is 0 Å². The number of fused-ring (bicyclic) bond motifs is 3. The minimum Gasteiger partial charge on any atom is -0.478 e. The molecule has 0 atom stereocenters. The first-order chi connectivity index (χ1) is 9.58. The Balaban J connectivity index is 2.53. The van der Waals surface area contributed by atoms with Crippen LogP contribution >= 0.6 is 0 Å². The molecule has 5 heteroatoms. The molecule has 0 unspecified atom stereocenters. The number of carboxylic acid groups (broad SMARTS) is 2. The maximum atomic E-state index is 11.3. The molecule has 98 valence electrons. The third-order valence-electron chi connectivity index (χ3n) is 3.15. The van der Waals surface area contributed by atoms with Gasteiger partial charge in [-0.2, -0.15) is 0 Å². The second-order valence-electron chi connectivity index (χ2n) is 4.35. The van der Waals surface area contributed by atoms with E-state index in [4.69, 9.17) is 5.11 Å². The van der Waals surface area contributed by atoms with Gasteiger partial charge in [-0.3, -0.25) is 0 Å². The Morgan fingerprint density at radius 2 is 1.65 bits per heavy atom. The summed E-state index contributed by atoms with van der Waals surface area (Å²) in [6, 6.07) is 11.9. The Hall–Kier alpha value is -2.95. The summed E-state index contributed by atoms with van der Waals surface area (Å²) in [4.78, 5) is 26.5. The van der Waals surface area contributed by atoms with Crippen molar-refractivity contribution in [3.05, 3.63) is 53.7 Å². The van der Waals surface area contributed by atoms with Gasteiger partial charge in [-0.25, -0.2) is 14.6 Å². The Bertz CT molecular complexity index is 870. The summed E-state index contributed by atoms with van der Waals surface area (Å²) < 4.78 is 0. The number of carboxylic acids is 2. The normalized spacial score (nSPS) is 10.8. The lowest BCUT2D eigenvalue weighted by Crippen LogP contribution is -2.06.